The van der Waals surface area contributed by atoms with Crippen molar-refractivity contribution in [3.63, 3.8) is 0 Å². The Morgan fingerprint density at radius 3 is 2.44 bits per heavy atom. The standard InChI is InChI=1S/C12H9NO4S/c14-8-4-2-1-3-7(8)11(15)13-10-6-5-9(18-10)12(16)17/h1-6,14H,(H,13,15)(H,16,17). The first kappa shape index (κ1) is 12.1. The summed E-state index contributed by atoms with van der Waals surface area (Å²) in [5.74, 6) is -1.64. The van der Waals surface area contributed by atoms with Crippen LogP contribution in [0.1, 0.15) is 20.0 Å². The van der Waals surface area contributed by atoms with Crippen LogP contribution in [0.5, 0.6) is 5.75 Å². The zero-order valence-corrected chi connectivity index (χ0v) is 9.90. The highest BCUT2D eigenvalue weighted by atomic mass is 32.1. The first-order chi connectivity index (χ1) is 8.58. The molecule has 0 saturated carbocycles. The van der Waals surface area contributed by atoms with Gasteiger partial charge in [0, 0.05) is 0 Å². The lowest BCUT2D eigenvalue weighted by molar-refractivity contribution is 0.0702. The predicted octanol–water partition coefficient (Wildman–Crippen LogP) is 2.40. The molecule has 0 bridgehead atoms. The van der Waals surface area contributed by atoms with Gasteiger partial charge in [-0.3, -0.25) is 4.79 Å². The van der Waals surface area contributed by atoms with Crippen molar-refractivity contribution in [2.24, 2.45) is 0 Å². The van der Waals surface area contributed by atoms with E-state index in [2.05, 4.69) is 5.32 Å². The number of nitrogens with one attached hydrogen (secondary N) is 1. The number of rotatable bonds is 3. The van der Waals surface area contributed by atoms with E-state index in [-0.39, 0.29) is 16.2 Å². The van der Waals surface area contributed by atoms with E-state index in [4.69, 9.17) is 5.11 Å². The molecule has 6 heteroatoms. The number of carbonyl (C=O) groups excluding carboxylic acids is 1. The summed E-state index contributed by atoms with van der Waals surface area (Å²) >= 11 is 0.957. The van der Waals surface area contributed by atoms with Gasteiger partial charge in [0.1, 0.15) is 10.6 Å². The van der Waals surface area contributed by atoms with E-state index < -0.39 is 11.9 Å². The van der Waals surface area contributed by atoms with Gasteiger partial charge in [0.2, 0.25) is 0 Å². The second-order valence-electron chi connectivity index (χ2n) is 3.44. The third-order valence-corrected chi connectivity index (χ3v) is 3.19. The van der Waals surface area contributed by atoms with Crippen molar-refractivity contribution in [2.75, 3.05) is 5.32 Å². The van der Waals surface area contributed by atoms with Crippen LogP contribution in [0.3, 0.4) is 0 Å². The highest BCUT2D eigenvalue weighted by Gasteiger charge is 2.13. The van der Waals surface area contributed by atoms with Gasteiger partial charge in [-0.2, -0.15) is 0 Å². The van der Waals surface area contributed by atoms with Gasteiger partial charge in [-0.1, -0.05) is 12.1 Å². The number of carbonyl (C=O) groups is 2. The lowest BCUT2D eigenvalue weighted by atomic mass is 10.2. The molecular weight excluding hydrogens is 254 g/mol. The Kier molecular flexibility index (Phi) is 3.29. The van der Waals surface area contributed by atoms with E-state index in [0.717, 1.165) is 11.3 Å². The molecule has 3 N–H and O–H groups in total. The fourth-order valence-corrected chi connectivity index (χ4v) is 2.11. The number of thiophene rings is 1. The number of aromatic carboxylic acids is 1. The van der Waals surface area contributed by atoms with E-state index in [0.29, 0.717) is 5.00 Å². The topological polar surface area (TPSA) is 86.6 Å². The zero-order valence-electron chi connectivity index (χ0n) is 9.08. The number of phenols is 1. The molecule has 0 unspecified atom stereocenters. The minimum atomic E-state index is -1.04. The second kappa shape index (κ2) is 4.89. The second-order valence-corrected chi connectivity index (χ2v) is 4.52. The number of carboxylic acids is 1. The summed E-state index contributed by atoms with van der Waals surface area (Å²) in [6.07, 6.45) is 0. The van der Waals surface area contributed by atoms with Gasteiger partial charge in [-0.05, 0) is 24.3 Å². The molecule has 0 spiro atoms. The molecule has 18 heavy (non-hydrogen) atoms. The number of aromatic hydroxyl groups is 1. The number of benzene rings is 1. The van der Waals surface area contributed by atoms with Crippen molar-refractivity contribution in [2.45, 2.75) is 0 Å². The maximum absolute atomic E-state index is 11.8. The normalized spacial score (nSPS) is 10.0. The molecule has 0 fully saturated rings. The van der Waals surface area contributed by atoms with Crippen LogP contribution in [-0.4, -0.2) is 22.1 Å². The number of phenolic OH excluding ortho intramolecular Hbond substituents is 1. The highest BCUT2D eigenvalue weighted by molar-refractivity contribution is 7.18. The summed E-state index contributed by atoms with van der Waals surface area (Å²) in [4.78, 5) is 22.6. The van der Waals surface area contributed by atoms with Crippen LogP contribution >= 0.6 is 11.3 Å². The molecule has 5 nitrogen and oxygen atoms in total. The molecule has 92 valence electrons. The minimum absolute atomic E-state index is 0.120. The largest absolute Gasteiger partial charge is 0.507 e. The maximum atomic E-state index is 11.8. The molecule has 0 aliphatic carbocycles. The number of anilines is 1. The lowest BCUT2D eigenvalue weighted by Gasteiger charge is -2.03. The van der Waals surface area contributed by atoms with E-state index in [9.17, 15) is 14.7 Å². The molecule has 0 aliphatic heterocycles. The molecule has 1 amide bonds. The van der Waals surface area contributed by atoms with Gasteiger partial charge in [0.25, 0.3) is 5.91 Å². The predicted molar refractivity (Wildman–Crippen MR) is 67.3 cm³/mol. The molecule has 2 rings (SSSR count). The van der Waals surface area contributed by atoms with Crippen LogP contribution in [0.15, 0.2) is 36.4 Å². The Bertz CT molecular complexity index is 606. The van der Waals surface area contributed by atoms with Crippen LogP contribution in [0.25, 0.3) is 0 Å². The monoisotopic (exact) mass is 263 g/mol. The van der Waals surface area contributed by atoms with Crippen LogP contribution < -0.4 is 5.32 Å². The summed E-state index contributed by atoms with van der Waals surface area (Å²) in [6, 6.07) is 9.05. The Morgan fingerprint density at radius 2 is 1.83 bits per heavy atom. The van der Waals surface area contributed by atoms with Crippen LogP contribution in [0.2, 0.25) is 0 Å². The molecule has 0 atom stereocenters. The van der Waals surface area contributed by atoms with Gasteiger partial charge < -0.3 is 15.5 Å². The average molecular weight is 263 g/mol. The summed E-state index contributed by atoms with van der Waals surface area (Å²) in [5, 5.41) is 21.2. The van der Waals surface area contributed by atoms with Gasteiger partial charge in [-0.15, -0.1) is 11.3 Å². The van der Waals surface area contributed by atoms with Crippen molar-refractivity contribution in [3.05, 3.63) is 46.8 Å². The zero-order chi connectivity index (χ0) is 13.1. The summed E-state index contributed by atoms with van der Waals surface area (Å²) in [6.45, 7) is 0. The quantitative estimate of drug-likeness (QED) is 0.793. The van der Waals surface area contributed by atoms with Crippen molar-refractivity contribution in [1.82, 2.24) is 0 Å². The van der Waals surface area contributed by atoms with Gasteiger partial charge >= 0.3 is 5.97 Å². The minimum Gasteiger partial charge on any atom is -0.507 e. The third-order valence-electron chi connectivity index (χ3n) is 2.20. The Labute approximate surface area is 106 Å². The maximum Gasteiger partial charge on any atom is 0.345 e. The highest BCUT2D eigenvalue weighted by Crippen LogP contribution is 2.24. The fraction of sp³-hybridized carbons (Fsp3) is 0. The molecule has 2 aromatic rings. The molecule has 0 saturated heterocycles. The number of hydrogen-bond donors (Lipinski definition) is 3. The third kappa shape index (κ3) is 2.49. The number of para-hydroxylation sites is 1. The Balaban J connectivity index is 2.16. The summed E-state index contributed by atoms with van der Waals surface area (Å²) in [5.41, 5.74) is 0.141. The Hall–Kier alpha value is -2.34. The van der Waals surface area contributed by atoms with Crippen molar-refractivity contribution < 1.29 is 19.8 Å². The van der Waals surface area contributed by atoms with Crippen molar-refractivity contribution >= 4 is 28.2 Å². The summed E-state index contributed by atoms with van der Waals surface area (Å²) < 4.78 is 0. The Morgan fingerprint density at radius 1 is 1.11 bits per heavy atom. The van der Waals surface area contributed by atoms with Crippen LogP contribution in [0.4, 0.5) is 5.00 Å². The van der Waals surface area contributed by atoms with Crippen LogP contribution in [0, 0.1) is 0 Å². The van der Waals surface area contributed by atoms with E-state index in [1.807, 2.05) is 0 Å². The van der Waals surface area contributed by atoms with Gasteiger partial charge in [-0.25, -0.2) is 4.79 Å². The molecule has 1 heterocycles. The van der Waals surface area contributed by atoms with Crippen molar-refractivity contribution in [3.8, 4) is 5.75 Å². The molecule has 0 radical (unpaired) electrons. The lowest BCUT2D eigenvalue weighted by Crippen LogP contribution is -2.10. The smallest absolute Gasteiger partial charge is 0.345 e. The molecule has 1 aromatic heterocycles. The van der Waals surface area contributed by atoms with E-state index in [1.54, 1.807) is 12.1 Å². The van der Waals surface area contributed by atoms with Crippen molar-refractivity contribution in [1.29, 1.82) is 0 Å². The van der Waals surface area contributed by atoms with Gasteiger partial charge in [0.05, 0.1) is 10.6 Å². The van der Waals surface area contributed by atoms with Crippen LogP contribution in [-0.2, 0) is 0 Å². The average Bonchev–Trinajstić information content (AvgIpc) is 2.78. The first-order valence-corrected chi connectivity index (χ1v) is 5.82. The molecular formula is C12H9NO4S. The van der Waals surface area contributed by atoms with E-state index in [1.165, 1.54) is 24.3 Å². The SMILES string of the molecule is O=C(O)c1ccc(NC(=O)c2ccccc2O)s1. The molecule has 1 aromatic carbocycles. The van der Waals surface area contributed by atoms with E-state index >= 15 is 0 Å². The number of amides is 1. The summed E-state index contributed by atoms with van der Waals surface area (Å²) in [7, 11) is 0. The fourth-order valence-electron chi connectivity index (χ4n) is 1.36. The first-order valence-electron chi connectivity index (χ1n) is 5.00. The number of carboxylic acid groups (broad SMARTS) is 1. The van der Waals surface area contributed by atoms with Gasteiger partial charge in [0.15, 0.2) is 0 Å². The number of hydrogen-bond acceptors (Lipinski definition) is 4. The molecule has 0 aliphatic rings.